The second-order valence-corrected chi connectivity index (χ2v) is 5.68. The Kier molecular flexibility index (Phi) is 7.68. The normalized spacial score (nSPS) is 11.4. The van der Waals surface area contributed by atoms with Gasteiger partial charge in [-0.25, -0.2) is 0 Å². The van der Waals surface area contributed by atoms with E-state index >= 15 is 0 Å². The zero-order valence-corrected chi connectivity index (χ0v) is 14.1. The molecule has 0 aliphatic rings. The van der Waals surface area contributed by atoms with Crippen molar-refractivity contribution < 1.29 is 18.0 Å². The number of rotatable bonds is 8. The van der Waals surface area contributed by atoms with Crippen LogP contribution in [-0.4, -0.2) is 30.4 Å². The van der Waals surface area contributed by atoms with Crippen LogP contribution >= 0.6 is 11.6 Å². The van der Waals surface area contributed by atoms with Crippen molar-refractivity contribution in [2.24, 2.45) is 0 Å². The molecule has 0 saturated carbocycles. The second kappa shape index (κ2) is 9.01. The van der Waals surface area contributed by atoms with Crippen LogP contribution in [0.15, 0.2) is 18.2 Å². The van der Waals surface area contributed by atoms with E-state index in [4.69, 9.17) is 11.6 Å². The molecule has 0 aliphatic carbocycles. The fraction of sp³-hybridized carbons (Fsp3) is 0.562. The Morgan fingerprint density at radius 1 is 1.22 bits per heavy atom. The summed E-state index contributed by atoms with van der Waals surface area (Å²) in [5.41, 5.74) is -0.886. The Hall–Kier alpha value is -1.43. The molecule has 0 aromatic heterocycles. The first kappa shape index (κ1) is 19.6. The molecular weight excluding hydrogens is 329 g/mol. The molecular formula is C16H22ClF3N2O. The maximum absolute atomic E-state index is 13.0. The van der Waals surface area contributed by atoms with Crippen LogP contribution in [0.3, 0.4) is 0 Å². The molecule has 0 bridgehead atoms. The maximum atomic E-state index is 13.0. The summed E-state index contributed by atoms with van der Waals surface area (Å²) in [7, 11) is 0. The van der Waals surface area contributed by atoms with Gasteiger partial charge in [0, 0.05) is 36.8 Å². The number of hydrogen-bond donors (Lipinski definition) is 1. The Morgan fingerprint density at radius 3 is 2.35 bits per heavy atom. The highest BCUT2D eigenvalue weighted by Gasteiger charge is 2.33. The van der Waals surface area contributed by atoms with Crippen molar-refractivity contribution in [3.05, 3.63) is 28.8 Å². The summed E-state index contributed by atoms with van der Waals surface area (Å²) >= 11 is 5.63. The monoisotopic (exact) mass is 350 g/mol. The van der Waals surface area contributed by atoms with Gasteiger partial charge in [-0.2, -0.15) is 13.2 Å². The van der Waals surface area contributed by atoms with Gasteiger partial charge in [0.05, 0.1) is 5.56 Å². The topological polar surface area (TPSA) is 32.3 Å². The summed E-state index contributed by atoms with van der Waals surface area (Å²) in [5.74, 6) is -0.0521. The number of carbonyl (C=O) groups is 1. The van der Waals surface area contributed by atoms with E-state index in [1.54, 1.807) is 4.90 Å². The van der Waals surface area contributed by atoms with Crippen molar-refractivity contribution in [3.63, 3.8) is 0 Å². The van der Waals surface area contributed by atoms with Gasteiger partial charge < -0.3 is 10.2 Å². The number of nitrogens with one attached hydrogen (secondary N) is 1. The molecule has 0 unspecified atom stereocenters. The molecule has 1 rings (SSSR count). The number of alkyl halides is 3. The minimum Gasteiger partial charge on any atom is -0.384 e. The number of amides is 1. The van der Waals surface area contributed by atoms with E-state index in [0.717, 1.165) is 18.9 Å². The molecule has 1 N–H and O–H groups in total. The molecule has 0 heterocycles. The van der Waals surface area contributed by atoms with Gasteiger partial charge in [0.25, 0.3) is 0 Å². The molecule has 1 amide bonds. The van der Waals surface area contributed by atoms with Crippen LogP contribution in [0.4, 0.5) is 18.9 Å². The highest BCUT2D eigenvalue weighted by Crippen LogP contribution is 2.36. The van der Waals surface area contributed by atoms with Gasteiger partial charge in [-0.05, 0) is 31.0 Å². The third-order valence-corrected chi connectivity index (χ3v) is 3.52. The van der Waals surface area contributed by atoms with Crippen LogP contribution in [0.1, 0.15) is 38.7 Å². The molecule has 0 fully saturated rings. The SMILES string of the molecule is CCCN(CCC)C(=O)CCNc1ccc(Cl)cc1C(F)(F)F. The molecule has 7 heteroatoms. The van der Waals surface area contributed by atoms with E-state index in [0.29, 0.717) is 13.1 Å². The first-order chi connectivity index (χ1) is 10.8. The zero-order valence-electron chi connectivity index (χ0n) is 13.3. The molecule has 3 nitrogen and oxygen atoms in total. The van der Waals surface area contributed by atoms with E-state index in [-0.39, 0.29) is 29.6 Å². The first-order valence-corrected chi connectivity index (χ1v) is 8.05. The predicted molar refractivity (Wildman–Crippen MR) is 86.7 cm³/mol. The Balaban J connectivity index is 2.67. The van der Waals surface area contributed by atoms with E-state index < -0.39 is 11.7 Å². The largest absolute Gasteiger partial charge is 0.418 e. The minimum atomic E-state index is -4.49. The van der Waals surface area contributed by atoms with Crippen molar-refractivity contribution in [2.75, 3.05) is 25.0 Å². The predicted octanol–water partition coefficient (Wildman–Crippen LogP) is 4.81. The van der Waals surface area contributed by atoms with Crippen LogP contribution in [0.2, 0.25) is 5.02 Å². The number of benzene rings is 1. The third-order valence-electron chi connectivity index (χ3n) is 3.28. The van der Waals surface area contributed by atoms with Gasteiger partial charge in [0.1, 0.15) is 0 Å². The molecule has 0 saturated heterocycles. The van der Waals surface area contributed by atoms with Gasteiger partial charge in [-0.1, -0.05) is 25.4 Å². The highest BCUT2D eigenvalue weighted by atomic mass is 35.5. The third kappa shape index (κ3) is 6.29. The van der Waals surface area contributed by atoms with E-state index in [1.807, 2.05) is 13.8 Å². The number of nitrogens with zero attached hydrogens (tertiary/aromatic N) is 1. The fourth-order valence-electron chi connectivity index (χ4n) is 2.27. The Bertz CT molecular complexity index is 515. The van der Waals surface area contributed by atoms with Crippen LogP contribution in [0, 0.1) is 0 Å². The molecule has 1 aromatic rings. The van der Waals surface area contributed by atoms with Crippen LogP contribution in [0.5, 0.6) is 0 Å². The van der Waals surface area contributed by atoms with Crippen molar-refractivity contribution >= 4 is 23.2 Å². The Morgan fingerprint density at radius 2 is 1.83 bits per heavy atom. The summed E-state index contributed by atoms with van der Waals surface area (Å²) in [6.45, 7) is 5.45. The van der Waals surface area contributed by atoms with Crippen molar-refractivity contribution in [3.8, 4) is 0 Å². The first-order valence-electron chi connectivity index (χ1n) is 7.68. The number of carbonyl (C=O) groups excluding carboxylic acids is 1. The van der Waals surface area contributed by atoms with E-state index in [1.165, 1.54) is 12.1 Å². The molecule has 0 radical (unpaired) electrons. The highest BCUT2D eigenvalue weighted by molar-refractivity contribution is 6.30. The molecule has 23 heavy (non-hydrogen) atoms. The molecule has 0 spiro atoms. The van der Waals surface area contributed by atoms with Crippen LogP contribution in [0.25, 0.3) is 0 Å². The minimum absolute atomic E-state index is 0.0241. The molecule has 1 aromatic carbocycles. The summed E-state index contributed by atoms with van der Waals surface area (Å²) in [6, 6.07) is 3.55. The number of hydrogen-bond acceptors (Lipinski definition) is 2. The molecule has 0 aliphatic heterocycles. The summed E-state index contributed by atoms with van der Waals surface area (Å²) in [6.07, 6.45) is -2.63. The Labute approximate surface area is 139 Å². The van der Waals surface area contributed by atoms with Crippen LogP contribution in [-0.2, 0) is 11.0 Å². The van der Waals surface area contributed by atoms with E-state index in [9.17, 15) is 18.0 Å². The van der Waals surface area contributed by atoms with E-state index in [2.05, 4.69) is 5.32 Å². The van der Waals surface area contributed by atoms with Crippen molar-refractivity contribution in [1.29, 1.82) is 0 Å². The van der Waals surface area contributed by atoms with Gasteiger partial charge >= 0.3 is 6.18 Å². The second-order valence-electron chi connectivity index (χ2n) is 5.25. The maximum Gasteiger partial charge on any atom is 0.418 e. The van der Waals surface area contributed by atoms with Gasteiger partial charge in [-0.15, -0.1) is 0 Å². The lowest BCUT2D eigenvalue weighted by Crippen LogP contribution is -2.33. The number of halogens is 4. The standard InChI is InChI=1S/C16H22ClF3N2O/c1-3-9-22(10-4-2)15(23)7-8-21-14-6-5-12(17)11-13(14)16(18,19)20/h5-6,11,21H,3-4,7-10H2,1-2H3. The molecule has 130 valence electrons. The van der Waals surface area contributed by atoms with Gasteiger partial charge in [0.15, 0.2) is 0 Å². The average molecular weight is 351 g/mol. The lowest BCUT2D eigenvalue weighted by atomic mass is 10.1. The average Bonchev–Trinajstić information content (AvgIpc) is 2.47. The fourth-order valence-corrected chi connectivity index (χ4v) is 2.44. The lowest BCUT2D eigenvalue weighted by molar-refractivity contribution is -0.137. The summed E-state index contributed by atoms with van der Waals surface area (Å²) in [4.78, 5) is 13.8. The van der Waals surface area contributed by atoms with Gasteiger partial charge in [0.2, 0.25) is 5.91 Å². The summed E-state index contributed by atoms with van der Waals surface area (Å²) < 4.78 is 38.9. The number of anilines is 1. The lowest BCUT2D eigenvalue weighted by Gasteiger charge is -2.22. The van der Waals surface area contributed by atoms with Gasteiger partial charge in [-0.3, -0.25) is 4.79 Å². The zero-order chi connectivity index (χ0) is 17.5. The molecule has 0 atom stereocenters. The van der Waals surface area contributed by atoms with Crippen molar-refractivity contribution in [2.45, 2.75) is 39.3 Å². The van der Waals surface area contributed by atoms with Crippen LogP contribution < -0.4 is 5.32 Å². The smallest absolute Gasteiger partial charge is 0.384 e. The quantitative estimate of drug-likeness (QED) is 0.729. The van der Waals surface area contributed by atoms with Crippen molar-refractivity contribution in [1.82, 2.24) is 4.90 Å². The summed E-state index contributed by atoms with van der Waals surface area (Å²) in [5, 5.41) is 2.71.